The molecule has 0 fully saturated rings. The van der Waals surface area contributed by atoms with Crippen molar-refractivity contribution in [3.63, 3.8) is 0 Å². The summed E-state index contributed by atoms with van der Waals surface area (Å²) < 4.78 is 21.0. The number of nitrogens with one attached hydrogen (secondary N) is 1. The minimum atomic E-state index is -4.92. The molecule has 0 aliphatic heterocycles. The largest absolute Gasteiger partial charge is 1.00 e. The predicted octanol–water partition coefficient (Wildman–Crippen LogP) is -11.4. The Morgan fingerprint density at radius 2 is 1.53 bits per heavy atom. The van der Waals surface area contributed by atoms with E-state index in [0.717, 1.165) is 0 Å². The molecule has 0 radical (unpaired) electrons. The maximum Gasteiger partial charge on any atom is 1.00 e. The number of carbonyl (C=O) groups excluding carboxylic acids is 1. The molecule has 0 aromatic rings. The van der Waals surface area contributed by atoms with Crippen LogP contribution in [-0.4, -0.2) is 24.5 Å². The number of hydrogen-bond acceptors (Lipinski definition) is 6. The Balaban J connectivity index is -0.000000282. The molecule has 0 heterocycles. The van der Waals surface area contributed by atoms with Gasteiger partial charge in [0, 0.05) is 7.37 Å². The fourth-order valence-corrected chi connectivity index (χ4v) is 1.66. The van der Waals surface area contributed by atoms with Gasteiger partial charge in [-0.3, -0.25) is 4.79 Å². The first kappa shape index (κ1) is 28.0. The smallest absolute Gasteiger partial charge is 0.810 e. The van der Waals surface area contributed by atoms with E-state index in [-0.39, 0.29) is 94.8 Å². The van der Waals surface area contributed by atoms with E-state index in [1.54, 1.807) is 0 Å². The standard InChI is InChI=1S/C5H13NO6P2.3Na/c1-2-13(8,9)4-6-5(7)3-14(10,11)12;;;/h2-4H2,1H3,(H,6,7)(H,8,9)(H2,10,11,12);;;/q;3*+1/p-3. The van der Waals surface area contributed by atoms with Gasteiger partial charge in [0.25, 0.3) is 0 Å². The van der Waals surface area contributed by atoms with Crippen LogP contribution in [0.2, 0.25) is 0 Å². The van der Waals surface area contributed by atoms with Gasteiger partial charge in [0.1, 0.15) is 0 Å². The Labute approximate surface area is 166 Å². The van der Waals surface area contributed by atoms with E-state index in [1.165, 1.54) is 6.92 Å². The minimum Gasteiger partial charge on any atom is -0.810 e. The van der Waals surface area contributed by atoms with Crippen molar-refractivity contribution < 1.29 is 117 Å². The zero-order chi connectivity index (χ0) is 11.4. The molecule has 1 N–H and O–H groups in total. The van der Waals surface area contributed by atoms with Crippen molar-refractivity contribution in [2.45, 2.75) is 6.92 Å². The summed E-state index contributed by atoms with van der Waals surface area (Å²) in [4.78, 5) is 41.7. The fraction of sp³-hybridized carbons (Fsp3) is 0.800. The molecule has 0 aromatic heterocycles. The number of carbonyl (C=O) groups is 1. The monoisotopic (exact) mass is 311 g/mol. The number of hydrogen-bond donors (Lipinski definition) is 1. The molecule has 0 saturated heterocycles. The Kier molecular flexibility index (Phi) is 20.7. The molecule has 0 aliphatic carbocycles. The van der Waals surface area contributed by atoms with E-state index < -0.39 is 33.3 Å². The second kappa shape index (κ2) is 12.5. The van der Waals surface area contributed by atoms with Gasteiger partial charge in [-0.1, -0.05) is 14.5 Å². The van der Waals surface area contributed by atoms with Gasteiger partial charge in [-0.25, -0.2) is 0 Å². The molecule has 1 unspecified atom stereocenters. The van der Waals surface area contributed by atoms with Crippen LogP contribution >= 0.6 is 15.0 Å². The first-order chi connectivity index (χ1) is 6.16. The summed E-state index contributed by atoms with van der Waals surface area (Å²) in [5.74, 6) is -1.09. The van der Waals surface area contributed by atoms with Gasteiger partial charge in [0.2, 0.25) is 5.91 Å². The minimum absolute atomic E-state index is 0. The summed E-state index contributed by atoms with van der Waals surface area (Å²) in [6, 6.07) is 0. The van der Waals surface area contributed by atoms with E-state index in [4.69, 9.17) is 0 Å². The second-order valence-electron chi connectivity index (χ2n) is 2.66. The van der Waals surface area contributed by atoms with Crippen LogP contribution in [0.15, 0.2) is 0 Å². The van der Waals surface area contributed by atoms with Gasteiger partial charge >= 0.3 is 88.7 Å². The van der Waals surface area contributed by atoms with Crippen molar-refractivity contribution >= 4 is 20.9 Å². The van der Waals surface area contributed by atoms with Gasteiger partial charge in [-0.15, -0.1) is 0 Å². The Hall–Kier alpha value is 2.81. The van der Waals surface area contributed by atoms with Crippen molar-refractivity contribution in [2.24, 2.45) is 0 Å². The zero-order valence-corrected chi connectivity index (χ0v) is 18.3. The first-order valence-electron chi connectivity index (χ1n) is 3.73. The van der Waals surface area contributed by atoms with Gasteiger partial charge in [-0.2, -0.15) is 0 Å². The van der Waals surface area contributed by atoms with Crippen LogP contribution in [0.4, 0.5) is 0 Å². The molecular formula is C5H10NNa3O6P2. The molecule has 7 nitrogen and oxygen atoms in total. The van der Waals surface area contributed by atoms with Crippen molar-refractivity contribution in [2.75, 3.05) is 18.6 Å². The molecule has 0 rings (SSSR count). The van der Waals surface area contributed by atoms with Crippen LogP contribution in [0.25, 0.3) is 0 Å². The molecule has 84 valence electrons. The average molecular weight is 311 g/mol. The Bertz CT molecular complexity index is 308. The van der Waals surface area contributed by atoms with Gasteiger partial charge in [0.15, 0.2) is 0 Å². The first-order valence-corrected chi connectivity index (χ1v) is 7.45. The number of amides is 1. The summed E-state index contributed by atoms with van der Waals surface area (Å²) in [6.07, 6.45) is -1.97. The van der Waals surface area contributed by atoms with Crippen LogP contribution in [0.1, 0.15) is 6.92 Å². The summed E-state index contributed by atoms with van der Waals surface area (Å²) >= 11 is 0. The Morgan fingerprint density at radius 3 is 1.82 bits per heavy atom. The predicted molar refractivity (Wildman–Crippen MR) is 43.6 cm³/mol. The Morgan fingerprint density at radius 1 is 1.12 bits per heavy atom. The van der Waals surface area contributed by atoms with E-state index in [2.05, 4.69) is 0 Å². The van der Waals surface area contributed by atoms with Crippen molar-refractivity contribution in [1.29, 1.82) is 0 Å². The summed E-state index contributed by atoms with van der Waals surface area (Å²) in [5.41, 5.74) is 0. The van der Waals surface area contributed by atoms with Crippen LogP contribution in [-0.2, 0) is 13.9 Å². The molecule has 12 heteroatoms. The normalized spacial score (nSPS) is 13.2. The van der Waals surface area contributed by atoms with Crippen molar-refractivity contribution in [3.8, 4) is 0 Å². The quantitative estimate of drug-likeness (QED) is 0.396. The molecule has 1 atom stereocenters. The zero-order valence-electron chi connectivity index (χ0n) is 10.5. The van der Waals surface area contributed by atoms with E-state index >= 15 is 0 Å². The SMILES string of the molecule is CCP(=O)([O-])CNC(=O)CP(=O)([O-])[O-].[Na+].[Na+].[Na+]. The van der Waals surface area contributed by atoms with Crippen LogP contribution in [0, 0.1) is 0 Å². The molecular weight excluding hydrogens is 301 g/mol. The molecule has 0 aromatic carbocycles. The van der Waals surface area contributed by atoms with Crippen molar-refractivity contribution in [3.05, 3.63) is 0 Å². The summed E-state index contributed by atoms with van der Waals surface area (Å²) in [7, 11) is -8.58. The van der Waals surface area contributed by atoms with Crippen LogP contribution < -0.4 is 109 Å². The number of rotatable bonds is 5. The van der Waals surface area contributed by atoms with E-state index in [1.807, 2.05) is 5.32 Å². The third-order valence-corrected chi connectivity index (χ3v) is 3.61. The molecule has 0 aliphatic rings. The van der Waals surface area contributed by atoms with Gasteiger partial charge in [0.05, 0.1) is 12.4 Å². The summed E-state index contributed by atoms with van der Waals surface area (Å²) in [5, 5.41) is 1.84. The van der Waals surface area contributed by atoms with Crippen molar-refractivity contribution in [1.82, 2.24) is 5.32 Å². The molecule has 17 heavy (non-hydrogen) atoms. The third kappa shape index (κ3) is 18.8. The molecule has 0 saturated carbocycles. The average Bonchev–Trinajstić information content (AvgIpc) is 1.98. The maximum atomic E-state index is 10.9. The maximum absolute atomic E-state index is 10.9. The third-order valence-electron chi connectivity index (χ3n) is 1.34. The van der Waals surface area contributed by atoms with Gasteiger partial charge in [-0.05, 0) is 6.16 Å². The molecule has 1 amide bonds. The van der Waals surface area contributed by atoms with Crippen LogP contribution in [0.5, 0.6) is 0 Å². The second-order valence-corrected chi connectivity index (χ2v) is 6.77. The van der Waals surface area contributed by atoms with Gasteiger partial charge < -0.3 is 29.1 Å². The molecule has 0 bridgehead atoms. The fourth-order valence-electron chi connectivity index (χ4n) is 0.552. The van der Waals surface area contributed by atoms with Crippen LogP contribution in [0.3, 0.4) is 0 Å². The van der Waals surface area contributed by atoms with E-state index in [9.17, 15) is 28.6 Å². The summed E-state index contributed by atoms with van der Waals surface area (Å²) in [6.45, 7) is 1.39. The van der Waals surface area contributed by atoms with E-state index in [0.29, 0.717) is 0 Å². The molecule has 0 spiro atoms. The topological polar surface area (TPSA) is 132 Å².